The van der Waals surface area contributed by atoms with E-state index in [9.17, 15) is 4.79 Å². The van der Waals surface area contributed by atoms with Crippen molar-refractivity contribution in [3.8, 4) is 0 Å². The molecule has 0 aliphatic carbocycles. The maximum Gasteiger partial charge on any atom is 0.306 e. The number of carbonyl (C=O) groups is 1. The molecule has 0 saturated carbocycles. The zero-order valence-electron chi connectivity index (χ0n) is 15.5. The van der Waals surface area contributed by atoms with Crippen molar-refractivity contribution in [2.75, 3.05) is 6.54 Å². The third kappa shape index (κ3) is 16.1. The van der Waals surface area contributed by atoms with Gasteiger partial charge in [-0.2, -0.15) is 0 Å². The Morgan fingerprint density at radius 1 is 0.739 bits per heavy atom. The van der Waals surface area contributed by atoms with Gasteiger partial charge in [-0.15, -0.1) is 0 Å². The minimum absolute atomic E-state index is 0.225. The first-order valence-corrected chi connectivity index (χ1v) is 10.1. The maximum atomic E-state index is 11.0. The van der Waals surface area contributed by atoms with Gasteiger partial charge >= 0.3 is 5.97 Å². The average molecular weight is 328 g/mol. The minimum atomic E-state index is -0.676. The van der Waals surface area contributed by atoms with Crippen LogP contribution in [0, 0.1) is 5.92 Å². The molecule has 0 aromatic carbocycles. The second-order valence-corrected chi connectivity index (χ2v) is 7.00. The van der Waals surface area contributed by atoms with Crippen molar-refractivity contribution in [2.24, 2.45) is 11.7 Å². The van der Waals surface area contributed by atoms with Gasteiger partial charge in [0.15, 0.2) is 0 Å². The van der Waals surface area contributed by atoms with E-state index in [2.05, 4.69) is 6.92 Å². The highest BCUT2D eigenvalue weighted by Crippen LogP contribution is 2.16. The first-order valence-electron chi connectivity index (χ1n) is 10.1. The first-order chi connectivity index (χ1) is 11.2. The predicted molar refractivity (Wildman–Crippen MR) is 99.7 cm³/mol. The van der Waals surface area contributed by atoms with Gasteiger partial charge in [-0.3, -0.25) is 4.79 Å². The smallest absolute Gasteiger partial charge is 0.306 e. The molecule has 3 heteroatoms. The average Bonchev–Trinajstić information content (AvgIpc) is 2.54. The Labute approximate surface area is 144 Å². The van der Waals surface area contributed by atoms with Gasteiger partial charge in [0, 0.05) is 0 Å². The Kier molecular flexibility index (Phi) is 17.3. The lowest BCUT2D eigenvalue weighted by molar-refractivity contribution is -0.142. The van der Waals surface area contributed by atoms with E-state index in [4.69, 9.17) is 10.8 Å². The Bertz CT molecular complexity index is 256. The number of carboxylic acid groups (broad SMARTS) is 1. The van der Waals surface area contributed by atoms with Crippen molar-refractivity contribution in [1.29, 1.82) is 0 Å². The predicted octanol–water partition coefficient (Wildman–Crippen LogP) is 5.91. The molecule has 138 valence electrons. The zero-order chi connectivity index (χ0) is 17.2. The lowest BCUT2D eigenvalue weighted by Gasteiger charge is -2.10. The van der Waals surface area contributed by atoms with E-state index >= 15 is 0 Å². The number of aliphatic carboxylic acids is 1. The fourth-order valence-electron chi connectivity index (χ4n) is 3.18. The number of unbranched alkanes of at least 4 members (excludes halogenated alkanes) is 13. The Morgan fingerprint density at radius 2 is 1.13 bits per heavy atom. The molecule has 0 saturated heterocycles. The van der Waals surface area contributed by atoms with E-state index in [-0.39, 0.29) is 5.92 Å². The zero-order valence-corrected chi connectivity index (χ0v) is 15.5. The summed E-state index contributed by atoms with van der Waals surface area (Å²) in [6, 6.07) is 0. The summed E-state index contributed by atoms with van der Waals surface area (Å²) in [6.07, 6.45) is 20.1. The van der Waals surface area contributed by atoms with Gasteiger partial charge in [0.1, 0.15) is 0 Å². The van der Waals surface area contributed by atoms with Crippen molar-refractivity contribution in [1.82, 2.24) is 0 Å². The molecular weight excluding hydrogens is 286 g/mol. The molecule has 3 nitrogen and oxygen atoms in total. The van der Waals surface area contributed by atoms with Gasteiger partial charge in [0.05, 0.1) is 5.92 Å². The van der Waals surface area contributed by atoms with E-state index in [0.717, 1.165) is 12.8 Å². The number of rotatable bonds is 18. The van der Waals surface area contributed by atoms with Crippen LogP contribution in [0.2, 0.25) is 0 Å². The summed E-state index contributed by atoms with van der Waals surface area (Å²) >= 11 is 0. The second-order valence-electron chi connectivity index (χ2n) is 7.00. The van der Waals surface area contributed by atoms with E-state index < -0.39 is 5.97 Å². The Hall–Kier alpha value is -0.570. The highest BCUT2D eigenvalue weighted by atomic mass is 16.4. The summed E-state index contributed by atoms with van der Waals surface area (Å²) in [5, 5.41) is 9.05. The monoisotopic (exact) mass is 327 g/mol. The summed E-state index contributed by atoms with van der Waals surface area (Å²) in [4.78, 5) is 11.0. The van der Waals surface area contributed by atoms with Crippen LogP contribution in [0.25, 0.3) is 0 Å². The van der Waals surface area contributed by atoms with Gasteiger partial charge in [-0.05, 0) is 19.4 Å². The molecule has 0 bridgehead atoms. The van der Waals surface area contributed by atoms with Crippen LogP contribution in [0.3, 0.4) is 0 Å². The van der Waals surface area contributed by atoms with Crippen LogP contribution in [0.15, 0.2) is 0 Å². The number of nitrogens with two attached hydrogens (primary N) is 1. The van der Waals surface area contributed by atoms with E-state index in [0.29, 0.717) is 13.0 Å². The molecule has 0 rings (SSSR count). The number of hydrogen-bond acceptors (Lipinski definition) is 2. The van der Waals surface area contributed by atoms with Crippen molar-refractivity contribution in [2.45, 2.75) is 110 Å². The van der Waals surface area contributed by atoms with Crippen LogP contribution in [0.1, 0.15) is 110 Å². The molecule has 0 amide bonds. The van der Waals surface area contributed by atoms with Gasteiger partial charge in [0.2, 0.25) is 0 Å². The molecule has 1 unspecified atom stereocenters. The van der Waals surface area contributed by atoms with Crippen LogP contribution in [0.5, 0.6) is 0 Å². The third-order valence-corrected chi connectivity index (χ3v) is 4.77. The normalized spacial score (nSPS) is 12.4. The van der Waals surface area contributed by atoms with Crippen molar-refractivity contribution < 1.29 is 9.90 Å². The first kappa shape index (κ1) is 22.4. The van der Waals surface area contributed by atoms with Crippen LogP contribution in [-0.4, -0.2) is 17.6 Å². The molecule has 0 aliphatic rings. The van der Waals surface area contributed by atoms with E-state index in [1.807, 2.05) is 0 Å². The largest absolute Gasteiger partial charge is 0.481 e. The highest BCUT2D eigenvalue weighted by Gasteiger charge is 2.15. The van der Waals surface area contributed by atoms with Crippen LogP contribution < -0.4 is 5.73 Å². The third-order valence-electron chi connectivity index (χ3n) is 4.77. The molecule has 0 heterocycles. The molecule has 0 radical (unpaired) electrons. The quantitative estimate of drug-likeness (QED) is 0.308. The van der Waals surface area contributed by atoms with Crippen LogP contribution >= 0.6 is 0 Å². The minimum Gasteiger partial charge on any atom is -0.481 e. The van der Waals surface area contributed by atoms with E-state index in [1.54, 1.807) is 0 Å². The number of hydrogen-bond donors (Lipinski definition) is 2. The molecule has 1 atom stereocenters. The lowest BCUT2D eigenvalue weighted by atomic mass is 9.97. The molecule has 0 aliphatic heterocycles. The fraction of sp³-hybridized carbons (Fsp3) is 0.950. The lowest BCUT2D eigenvalue weighted by Crippen LogP contribution is -2.17. The summed E-state index contributed by atoms with van der Waals surface area (Å²) in [5.74, 6) is -0.900. The topological polar surface area (TPSA) is 63.3 Å². The molecule has 0 aromatic heterocycles. The van der Waals surface area contributed by atoms with E-state index in [1.165, 1.54) is 83.5 Å². The van der Waals surface area contributed by atoms with Gasteiger partial charge in [0.25, 0.3) is 0 Å². The molecule has 0 fully saturated rings. The summed E-state index contributed by atoms with van der Waals surface area (Å²) in [7, 11) is 0. The second kappa shape index (κ2) is 17.8. The maximum absolute atomic E-state index is 11.0. The molecule has 23 heavy (non-hydrogen) atoms. The molecule has 0 aromatic rings. The summed E-state index contributed by atoms with van der Waals surface area (Å²) in [6.45, 7) is 2.75. The van der Waals surface area contributed by atoms with Crippen LogP contribution in [-0.2, 0) is 4.79 Å². The molecule has 0 spiro atoms. The summed E-state index contributed by atoms with van der Waals surface area (Å²) < 4.78 is 0. The van der Waals surface area contributed by atoms with Crippen molar-refractivity contribution >= 4 is 5.97 Å². The number of carboxylic acids is 1. The highest BCUT2D eigenvalue weighted by molar-refractivity contribution is 5.69. The Balaban J connectivity index is 3.20. The Morgan fingerprint density at radius 3 is 1.48 bits per heavy atom. The van der Waals surface area contributed by atoms with Gasteiger partial charge in [-0.25, -0.2) is 0 Å². The van der Waals surface area contributed by atoms with Crippen molar-refractivity contribution in [3.63, 3.8) is 0 Å². The molecule has 3 N–H and O–H groups in total. The fourth-order valence-corrected chi connectivity index (χ4v) is 3.18. The van der Waals surface area contributed by atoms with Crippen molar-refractivity contribution in [3.05, 3.63) is 0 Å². The van der Waals surface area contributed by atoms with Gasteiger partial charge < -0.3 is 10.8 Å². The standard InChI is InChI=1S/C20H41NO2/c1-2-3-4-5-6-7-8-9-10-11-12-13-14-15-16-19(17-18-21)20(22)23/h19H,2-18,21H2,1H3,(H,22,23). The van der Waals surface area contributed by atoms with Gasteiger partial charge in [-0.1, -0.05) is 96.8 Å². The molecular formula is C20H41NO2. The summed E-state index contributed by atoms with van der Waals surface area (Å²) in [5.41, 5.74) is 5.45. The SMILES string of the molecule is CCCCCCCCCCCCCCCCC(CCN)C(=O)O. The van der Waals surface area contributed by atoms with Crippen LogP contribution in [0.4, 0.5) is 0 Å².